The summed E-state index contributed by atoms with van der Waals surface area (Å²) >= 11 is 0. The van der Waals surface area contributed by atoms with Gasteiger partial charge in [-0.3, -0.25) is 0 Å². The molecule has 0 radical (unpaired) electrons. The molecule has 4 aromatic carbocycles. The zero-order valence-corrected chi connectivity index (χ0v) is 18.5. The van der Waals surface area contributed by atoms with Crippen LogP contribution in [0.4, 0.5) is 0 Å². The maximum absolute atomic E-state index is 6.29. The second kappa shape index (κ2) is 7.16. The van der Waals surface area contributed by atoms with Crippen LogP contribution in [0, 0.1) is 12.8 Å². The van der Waals surface area contributed by atoms with E-state index in [1.54, 1.807) is 6.33 Å². The van der Waals surface area contributed by atoms with Gasteiger partial charge in [-0.15, -0.1) is 0 Å². The first-order valence-corrected chi connectivity index (χ1v) is 11.2. The van der Waals surface area contributed by atoms with E-state index in [4.69, 9.17) is 14.4 Å². The van der Waals surface area contributed by atoms with Gasteiger partial charge in [-0.2, -0.15) is 0 Å². The SMILES string of the molecule is Cc1cc(CC(C)C)cc2ccc3c(-c4cccc5c4oc4ccccc45)ncnc3c12. The van der Waals surface area contributed by atoms with Crippen molar-refractivity contribution in [3.63, 3.8) is 0 Å². The van der Waals surface area contributed by atoms with Gasteiger partial charge < -0.3 is 4.42 Å². The van der Waals surface area contributed by atoms with E-state index in [-0.39, 0.29) is 0 Å². The van der Waals surface area contributed by atoms with E-state index >= 15 is 0 Å². The van der Waals surface area contributed by atoms with Crippen molar-refractivity contribution in [1.82, 2.24) is 9.97 Å². The van der Waals surface area contributed by atoms with Crippen LogP contribution in [-0.2, 0) is 6.42 Å². The maximum Gasteiger partial charge on any atom is 0.144 e. The third-order valence-electron chi connectivity index (χ3n) is 6.28. The van der Waals surface area contributed by atoms with E-state index in [9.17, 15) is 0 Å². The maximum atomic E-state index is 6.29. The fraction of sp³-hybridized carbons (Fsp3) is 0.172. The van der Waals surface area contributed by atoms with Gasteiger partial charge in [0, 0.05) is 27.1 Å². The lowest BCUT2D eigenvalue weighted by atomic mass is 9.94. The Balaban J connectivity index is 1.64. The molecule has 0 aliphatic carbocycles. The first-order valence-electron chi connectivity index (χ1n) is 11.2. The molecule has 2 aromatic heterocycles. The minimum absolute atomic E-state index is 0.630. The molecular formula is C29H24N2O. The number of hydrogen-bond donors (Lipinski definition) is 0. The molecule has 2 heterocycles. The summed E-state index contributed by atoms with van der Waals surface area (Å²) in [6.07, 6.45) is 2.76. The van der Waals surface area contributed by atoms with E-state index in [2.05, 4.69) is 69.3 Å². The molecule has 0 atom stereocenters. The summed E-state index contributed by atoms with van der Waals surface area (Å²) in [4.78, 5) is 9.45. The Morgan fingerprint density at radius 3 is 2.56 bits per heavy atom. The van der Waals surface area contributed by atoms with Crippen molar-refractivity contribution in [2.24, 2.45) is 5.92 Å². The van der Waals surface area contributed by atoms with Gasteiger partial charge in [0.2, 0.25) is 0 Å². The predicted octanol–water partition coefficient (Wildman–Crippen LogP) is 7.86. The number of nitrogens with zero attached hydrogens (tertiary/aromatic N) is 2. The van der Waals surface area contributed by atoms with Crippen LogP contribution >= 0.6 is 0 Å². The third kappa shape index (κ3) is 2.89. The lowest BCUT2D eigenvalue weighted by Gasteiger charge is -2.13. The lowest BCUT2D eigenvalue weighted by Crippen LogP contribution is -1.96. The largest absolute Gasteiger partial charge is 0.455 e. The van der Waals surface area contributed by atoms with E-state index in [0.717, 1.165) is 50.5 Å². The highest BCUT2D eigenvalue weighted by Crippen LogP contribution is 2.38. The second-order valence-electron chi connectivity index (χ2n) is 9.07. The molecule has 6 aromatic rings. The van der Waals surface area contributed by atoms with E-state index in [1.165, 1.54) is 21.9 Å². The number of benzene rings is 4. The van der Waals surface area contributed by atoms with E-state index < -0.39 is 0 Å². The molecule has 0 spiro atoms. The summed E-state index contributed by atoms with van der Waals surface area (Å²) in [5.41, 5.74) is 7.31. The summed E-state index contributed by atoms with van der Waals surface area (Å²) < 4.78 is 6.29. The number of hydrogen-bond acceptors (Lipinski definition) is 3. The Morgan fingerprint density at radius 2 is 1.69 bits per heavy atom. The summed E-state index contributed by atoms with van der Waals surface area (Å²) in [5, 5.41) is 5.73. The van der Waals surface area contributed by atoms with Gasteiger partial charge in [0.05, 0.1) is 11.2 Å². The molecule has 0 amide bonds. The minimum Gasteiger partial charge on any atom is -0.455 e. The summed E-state index contributed by atoms with van der Waals surface area (Å²) in [5.74, 6) is 0.630. The zero-order chi connectivity index (χ0) is 21.8. The number of fused-ring (bicyclic) bond motifs is 6. The average molecular weight is 417 g/mol. The molecule has 0 saturated carbocycles. The van der Waals surface area contributed by atoms with Gasteiger partial charge in [0.15, 0.2) is 0 Å². The molecular weight excluding hydrogens is 392 g/mol. The highest BCUT2D eigenvalue weighted by Gasteiger charge is 2.17. The molecule has 0 aliphatic heterocycles. The van der Waals surface area contributed by atoms with Gasteiger partial charge in [-0.25, -0.2) is 9.97 Å². The molecule has 32 heavy (non-hydrogen) atoms. The van der Waals surface area contributed by atoms with Gasteiger partial charge >= 0.3 is 0 Å². The molecule has 0 aliphatic rings. The van der Waals surface area contributed by atoms with E-state index in [1.807, 2.05) is 18.2 Å². The molecule has 0 saturated heterocycles. The van der Waals surface area contributed by atoms with Gasteiger partial charge in [0.25, 0.3) is 0 Å². The Labute approximate surface area is 186 Å². The van der Waals surface area contributed by atoms with Crippen molar-refractivity contribution in [2.45, 2.75) is 27.2 Å². The standard InChI is InChI=1S/C29H24N2O/c1-17(2)13-19-14-18(3)26-20(15-19)11-12-23-27(30-16-31-28(23)26)24-9-6-8-22-21-7-4-5-10-25(21)32-29(22)24/h4-12,14-17H,13H2,1-3H3. The minimum atomic E-state index is 0.630. The van der Waals surface area contributed by atoms with Crippen LogP contribution in [0.1, 0.15) is 25.0 Å². The molecule has 0 N–H and O–H groups in total. The first kappa shape index (κ1) is 19.0. The summed E-state index contributed by atoms with van der Waals surface area (Å²) in [6.45, 7) is 6.71. The average Bonchev–Trinajstić information content (AvgIpc) is 3.16. The van der Waals surface area contributed by atoms with Crippen molar-refractivity contribution in [3.8, 4) is 11.3 Å². The van der Waals surface area contributed by atoms with Crippen molar-refractivity contribution in [1.29, 1.82) is 0 Å². The molecule has 6 rings (SSSR count). The van der Waals surface area contributed by atoms with Crippen LogP contribution < -0.4 is 0 Å². The number of rotatable bonds is 3. The first-order chi connectivity index (χ1) is 15.6. The van der Waals surface area contributed by atoms with Crippen LogP contribution in [-0.4, -0.2) is 9.97 Å². The summed E-state index contributed by atoms with van der Waals surface area (Å²) in [6, 6.07) is 23.5. The van der Waals surface area contributed by atoms with Crippen LogP contribution in [0.3, 0.4) is 0 Å². The number of para-hydroxylation sites is 2. The number of aryl methyl sites for hydroxylation is 1. The topological polar surface area (TPSA) is 38.9 Å². The van der Waals surface area contributed by atoms with Crippen molar-refractivity contribution < 1.29 is 4.42 Å². The smallest absolute Gasteiger partial charge is 0.144 e. The van der Waals surface area contributed by atoms with Gasteiger partial charge in [0.1, 0.15) is 17.5 Å². The summed E-state index contributed by atoms with van der Waals surface area (Å²) in [7, 11) is 0. The van der Waals surface area contributed by atoms with Crippen molar-refractivity contribution in [3.05, 3.63) is 84.2 Å². The Morgan fingerprint density at radius 1 is 0.844 bits per heavy atom. The Bertz CT molecular complexity index is 1640. The lowest BCUT2D eigenvalue weighted by molar-refractivity contribution is 0.647. The quantitative estimate of drug-likeness (QED) is 0.276. The normalized spacial score (nSPS) is 12.0. The molecule has 0 bridgehead atoms. The molecule has 3 nitrogen and oxygen atoms in total. The molecule has 156 valence electrons. The fourth-order valence-electron chi connectivity index (χ4n) is 5.01. The third-order valence-corrected chi connectivity index (χ3v) is 6.28. The fourth-order valence-corrected chi connectivity index (χ4v) is 5.01. The second-order valence-corrected chi connectivity index (χ2v) is 9.07. The predicted molar refractivity (Wildman–Crippen MR) is 133 cm³/mol. The van der Waals surface area contributed by atoms with Crippen LogP contribution in [0.5, 0.6) is 0 Å². The monoisotopic (exact) mass is 416 g/mol. The van der Waals surface area contributed by atoms with Crippen LogP contribution in [0.15, 0.2) is 77.5 Å². The number of furan rings is 1. The van der Waals surface area contributed by atoms with Crippen LogP contribution in [0.2, 0.25) is 0 Å². The van der Waals surface area contributed by atoms with Crippen molar-refractivity contribution >= 4 is 43.6 Å². The Kier molecular flexibility index (Phi) is 4.25. The van der Waals surface area contributed by atoms with Crippen molar-refractivity contribution in [2.75, 3.05) is 0 Å². The Hall–Kier alpha value is -3.72. The van der Waals surface area contributed by atoms with Gasteiger partial charge in [-0.1, -0.05) is 62.4 Å². The van der Waals surface area contributed by atoms with E-state index in [0.29, 0.717) is 5.92 Å². The highest BCUT2D eigenvalue weighted by atomic mass is 16.3. The number of aromatic nitrogens is 2. The molecule has 0 fully saturated rings. The zero-order valence-electron chi connectivity index (χ0n) is 18.5. The molecule has 0 unspecified atom stereocenters. The highest BCUT2D eigenvalue weighted by molar-refractivity contribution is 6.14. The molecule has 3 heteroatoms. The van der Waals surface area contributed by atoms with Crippen LogP contribution in [0.25, 0.3) is 54.9 Å². The van der Waals surface area contributed by atoms with Gasteiger partial charge in [-0.05, 0) is 54.0 Å².